The van der Waals surface area contributed by atoms with Gasteiger partial charge in [0.25, 0.3) is 0 Å². The van der Waals surface area contributed by atoms with E-state index in [1.807, 2.05) is 0 Å². The summed E-state index contributed by atoms with van der Waals surface area (Å²) in [6.45, 7) is 1.10. The van der Waals surface area contributed by atoms with Gasteiger partial charge in [0.2, 0.25) is 0 Å². The fourth-order valence-corrected chi connectivity index (χ4v) is 2.43. The summed E-state index contributed by atoms with van der Waals surface area (Å²) in [6.07, 6.45) is 1.71. The third-order valence-electron chi connectivity index (χ3n) is 2.88. The molecule has 0 aromatic heterocycles. The average Bonchev–Trinajstić information content (AvgIpc) is 2.58. The molecule has 1 aliphatic rings. The standard InChI is InChI=1S/C13H15BrO5/c14-9-7-10-13(19-6-2-5-18-10)8(12(9)17)3-1-4-11(15)16/h7,17H,1-6H2,(H,15,16). The van der Waals surface area contributed by atoms with Crippen LogP contribution >= 0.6 is 15.9 Å². The number of hydrogen-bond acceptors (Lipinski definition) is 4. The van der Waals surface area contributed by atoms with Gasteiger partial charge in [0, 0.05) is 24.5 Å². The van der Waals surface area contributed by atoms with Crippen LogP contribution in [0.2, 0.25) is 0 Å². The molecule has 0 saturated carbocycles. The van der Waals surface area contributed by atoms with Crippen LogP contribution in [0.4, 0.5) is 0 Å². The Labute approximate surface area is 119 Å². The van der Waals surface area contributed by atoms with E-state index >= 15 is 0 Å². The quantitative estimate of drug-likeness (QED) is 0.887. The third-order valence-corrected chi connectivity index (χ3v) is 3.48. The van der Waals surface area contributed by atoms with Crippen LogP contribution in [0.1, 0.15) is 24.8 Å². The van der Waals surface area contributed by atoms with E-state index in [0.29, 0.717) is 47.6 Å². The lowest BCUT2D eigenvalue weighted by molar-refractivity contribution is -0.137. The Hall–Kier alpha value is -1.43. The molecule has 0 fully saturated rings. The molecule has 1 aromatic rings. The summed E-state index contributed by atoms with van der Waals surface area (Å²) >= 11 is 3.27. The first-order chi connectivity index (χ1) is 9.09. The highest BCUT2D eigenvalue weighted by Crippen LogP contribution is 2.44. The van der Waals surface area contributed by atoms with Gasteiger partial charge >= 0.3 is 5.97 Å². The van der Waals surface area contributed by atoms with Crippen molar-refractivity contribution in [2.45, 2.75) is 25.7 Å². The molecule has 0 bridgehead atoms. The summed E-state index contributed by atoms with van der Waals surface area (Å²) in [7, 11) is 0. The fraction of sp³-hybridized carbons (Fsp3) is 0.462. The van der Waals surface area contributed by atoms with Crippen LogP contribution in [0.5, 0.6) is 17.2 Å². The highest BCUT2D eigenvalue weighted by molar-refractivity contribution is 9.10. The Bertz CT molecular complexity index is 486. The summed E-state index contributed by atoms with van der Waals surface area (Å²) in [6, 6.07) is 1.68. The van der Waals surface area contributed by atoms with Crippen molar-refractivity contribution in [3.8, 4) is 17.2 Å². The summed E-state index contributed by atoms with van der Waals surface area (Å²) < 4.78 is 11.7. The Morgan fingerprint density at radius 3 is 2.84 bits per heavy atom. The highest BCUT2D eigenvalue weighted by atomic mass is 79.9. The molecule has 1 aromatic carbocycles. The Balaban J connectivity index is 2.28. The maximum atomic E-state index is 10.6. The molecule has 5 nitrogen and oxygen atoms in total. The minimum atomic E-state index is -0.849. The summed E-state index contributed by atoms with van der Waals surface area (Å²) in [5, 5.41) is 18.8. The molecule has 0 aliphatic carbocycles. The predicted molar refractivity (Wildman–Crippen MR) is 72.0 cm³/mol. The lowest BCUT2D eigenvalue weighted by Crippen LogP contribution is -2.01. The second-order valence-electron chi connectivity index (χ2n) is 4.31. The van der Waals surface area contributed by atoms with Crippen LogP contribution in [0.15, 0.2) is 10.5 Å². The number of carbonyl (C=O) groups is 1. The monoisotopic (exact) mass is 330 g/mol. The van der Waals surface area contributed by atoms with E-state index in [4.69, 9.17) is 14.6 Å². The zero-order valence-corrected chi connectivity index (χ0v) is 11.9. The van der Waals surface area contributed by atoms with E-state index in [-0.39, 0.29) is 12.2 Å². The number of aromatic hydroxyl groups is 1. The van der Waals surface area contributed by atoms with Gasteiger partial charge in [-0.3, -0.25) is 4.79 Å². The minimum Gasteiger partial charge on any atom is -0.506 e. The number of phenols is 1. The molecule has 19 heavy (non-hydrogen) atoms. The van der Waals surface area contributed by atoms with E-state index in [0.717, 1.165) is 6.42 Å². The van der Waals surface area contributed by atoms with Crippen LogP contribution in [-0.4, -0.2) is 29.4 Å². The van der Waals surface area contributed by atoms with E-state index < -0.39 is 5.97 Å². The molecule has 0 atom stereocenters. The van der Waals surface area contributed by atoms with Crippen LogP contribution in [0, 0.1) is 0 Å². The molecule has 0 radical (unpaired) electrons. The van der Waals surface area contributed by atoms with Crippen LogP contribution in [-0.2, 0) is 11.2 Å². The Kier molecular flexibility index (Phi) is 4.52. The Morgan fingerprint density at radius 2 is 2.11 bits per heavy atom. The molecule has 2 rings (SSSR count). The third kappa shape index (κ3) is 3.32. The number of hydrogen-bond donors (Lipinski definition) is 2. The number of fused-ring (bicyclic) bond motifs is 1. The molecule has 104 valence electrons. The van der Waals surface area contributed by atoms with Gasteiger partial charge < -0.3 is 19.7 Å². The number of halogens is 1. The molecule has 0 amide bonds. The van der Waals surface area contributed by atoms with E-state index in [1.165, 1.54) is 0 Å². The van der Waals surface area contributed by atoms with Gasteiger partial charge in [-0.05, 0) is 28.8 Å². The first kappa shape index (κ1) is 14.0. The van der Waals surface area contributed by atoms with Crippen LogP contribution in [0.25, 0.3) is 0 Å². The van der Waals surface area contributed by atoms with Crippen LogP contribution < -0.4 is 9.47 Å². The lowest BCUT2D eigenvalue weighted by atomic mass is 10.1. The van der Waals surface area contributed by atoms with Crippen molar-refractivity contribution >= 4 is 21.9 Å². The van der Waals surface area contributed by atoms with Crippen molar-refractivity contribution in [1.29, 1.82) is 0 Å². The number of aliphatic carboxylic acids is 1. The first-order valence-corrected chi connectivity index (χ1v) is 6.90. The topological polar surface area (TPSA) is 76.0 Å². The Morgan fingerprint density at radius 1 is 1.37 bits per heavy atom. The predicted octanol–water partition coefficient (Wildman–Crippen LogP) is 2.72. The molecular formula is C13H15BrO5. The summed E-state index contributed by atoms with van der Waals surface area (Å²) in [5.41, 5.74) is 0.604. The molecular weight excluding hydrogens is 316 g/mol. The van der Waals surface area contributed by atoms with Crippen molar-refractivity contribution in [3.63, 3.8) is 0 Å². The largest absolute Gasteiger partial charge is 0.506 e. The second kappa shape index (κ2) is 6.14. The molecule has 6 heteroatoms. The molecule has 0 unspecified atom stereocenters. The zero-order chi connectivity index (χ0) is 13.8. The summed E-state index contributed by atoms with van der Waals surface area (Å²) in [4.78, 5) is 10.6. The van der Waals surface area contributed by atoms with Crippen LogP contribution in [0.3, 0.4) is 0 Å². The van der Waals surface area contributed by atoms with Gasteiger partial charge in [-0.2, -0.15) is 0 Å². The summed E-state index contributed by atoms with van der Waals surface area (Å²) in [5.74, 6) is 0.364. The van der Waals surface area contributed by atoms with Crippen molar-refractivity contribution in [1.82, 2.24) is 0 Å². The van der Waals surface area contributed by atoms with Gasteiger partial charge in [0.15, 0.2) is 11.5 Å². The smallest absolute Gasteiger partial charge is 0.303 e. The fourth-order valence-electron chi connectivity index (χ4n) is 1.98. The molecule has 2 N–H and O–H groups in total. The second-order valence-corrected chi connectivity index (χ2v) is 5.16. The average molecular weight is 331 g/mol. The zero-order valence-electron chi connectivity index (χ0n) is 10.3. The lowest BCUT2D eigenvalue weighted by Gasteiger charge is -2.15. The number of rotatable bonds is 4. The van der Waals surface area contributed by atoms with E-state index in [1.54, 1.807) is 6.07 Å². The molecule has 0 spiro atoms. The normalized spacial score (nSPS) is 13.9. The number of carboxylic acids is 1. The van der Waals surface area contributed by atoms with Gasteiger partial charge in [0.05, 0.1) is 17.7 Å². The van der Waals surface area contributed by atoms with Crippen molar-refractivity contribution in [2.75, 3.05) is 13.2 Å². The minimum absolute atomic E-state index is 0.0571. The van der Waals surface area contributed by atoms with Crippen molar-refractivity contribution in [3.05, 3.63) is 16.1 Å². The number of ether oxygens (including phenoxy) is 2. The molecule has 1 heterocycles. The van der Waals surface area contributed by atoms with Gasteiger partial charge in [0.1, 0.15) is 5.75 Å². The maximum Gasteiger partial charge on any atom is 0.303 e. The SMILES string of the molecule is O=C(O)CCCc1c(O)c(Br)cc2c1OCCCO2. The van der Waals surface area contributed by atoms with Gasteiger partial charge in [-0.25, -0.2) is 0 Å². The van der Waals surface area contributed by atoms with Crippen molar-refractivity contribution in [2.24, 2.45) is 0 Å². The number of carboxylic acid groups (broad SMARTS) is 1. The van der Waals surface area contributed by atoms with Gasteiger partial charge in [-0.1, -0.05) is 0 Å². The number of phenolic OH excluding ortho intramolecular Hbond substituents is 1. The maximum absolute atomic E-state index is 10.6. The molecule has 1 aliphatic heterocycles. The van der Waals surface area contributed by atoms with E-state index in [2.05, 4.69) is 15.9 Å². The number of benzene rings is 1. The van der Waals surface area contributed by atoms with E-state index in [9.17, 15) is 9.90 Å². The van der Waals surface area contributed by atoms with Gasteiger partial charge in [-0.15, -0.1) is 0 Å². The highest BCUT2D eigenvalue weighted by Gasteiger charge is 2.21. The molecule has 0 saturated heterocycles. The van der Waals surface area contributed by atoms with Crippen molar-refractivity contribution < 1.29 is 24.5 Å². The first-order valence-electron chi connectivity index (χ1n) is 6.11.